The standard InChI is InChI=1S/C7H2NO/c1-2-4-7-6(3-1)5-8-9-7/h2,4H. The highest BCUT2D eigenvalue weighted by molar-refractivity contribution is 5.73. The van der Waals surface area contributed by atoms with Crippen molar-refractivity contribution in [3.63, 3.8) is 0 Å². The van der Waals surface area contributed by atoms with Gasteiger partial charge in [0.25, 0.3) is 0 Å². The van der Waals surface area contributed by atoms with E-state index in [1.165, 1.54) is 0 Å². The minimum absolute atomic E-state index is 0.703. The third-order valence-corrected chi connectivity index (χ3v) is 1.06. The molecule has 0 fully saturated rings. The molecule has 0 saturated heterocycles. The summed E-state index contributed by atoms with van der Waals surface area (Å²) in [6.45, 7) is 0. The molecule has 2 rings (SSSR count). The molecule has 0 bridgehead atoms. The summed E-state index contributed by atoms with van der Waals surface area (Å²) in [5, 5.41) is 4.20. The van der Waals surface area contributed by atoms with Crippen LogP contribution < -0.4 is 0 Å². The third kappa shape index (κ3) is 0.598. The Kier molecular flexibility index (Phi) is 0.803. The normalized spacial score (nSPS) is 10.2. The molecule has 0 amide bonds. The van der Waals surface area contributed by atoms with Gasteiger partial charge in [-0.15, -0.1) is 0 Å². The monoisotopic (exact) mass is 116 g/mol. The van der Waals surface area contributed by atoms with Crippen molar-refractivity contribution in [3.05, 3.63) is 30.5 Å². The molecule has 2 heteroatoms. The molecule has 0 aliphatic heterocycles. The Bertz CT molecular complexity index is 283. The van der Waals surface area contributed by atoms with Crippen molar-refractivity contribution in [2.75, 3.05) is 0 Å². The zero-order valence-electron chi connectivity index (χ0n) is 4.51. The maximum atomic E-state index is 4.76. The van der Waals surface area contributed by atoms with Crippen LogP contribution >= 0.6 is 0 Å². The molecule has 1 heterocycles. The molecule has 0 saturated carbocycles. The average Bonchev–Trinajstić information content (AvgIpc) is 2.33. The Balaban J connectivity index is 2.95. The van der Waals surface area contributed by atoms with E-state index in [-0.39, 0.29) is 0 Å². The third-order valence-electron chi connectivity index (χ3n) is 1.06. The van der Waals surface area contributed by atoms with Gasteiger partial charge in [0.05, 0.1) is 5.39 Å². The van der Waals surface area contributed by atoms with E-state index >= 15 is 0 Å². The van der Waals surface area contributed by atoms with Crippen LogP contribution in [0.3, 0.4) is 0 Å². The Morgan fingerprint density at radius 3 is 3.44 bits per heavy atom. The molecule has 0 aliphatic carbocycles. The molecular weight excluding hydrogens is 114 g/mol. The van der Waals surface area contributed by atoms with Crippen LogP contribution in [0.1, 0.15) is 0 Å². The number of hydrogen-bond acceptors (Lipinski definition) is 2. The summed E-state index contributed by atoms with van der Waals surface area (Å²) in [4.78, 5) is 0. The first-order chi connectivity index (χ1) is 4.47. The summed E-state index contributed by atoms with van der Waals surface area (Å²) in [6, 6.07) is 9.06. The highest BCUT2D eigenvalue weighted by Gasteiger charge is 1.93. The lowest BCUT2D eigenvalue weighted by Crippen LogP contribution is -1.60. The van der Waals surface area contributed by atoms with Crippen molar-refractivity contribution in [2.45, 2.75) is 0 Å². The van der Waals surface area contributed by atoms with E-state index < -0.39 is 0 Å². The number of nitrogens with zero attached hydrogens (tertiary/aromatic N) is 1. The van der Waals surface area contributed by atoms with Gasteiger partial charge in [-0.25, -0.2) is 0 Å². The van der Waals surface area contributed by atoms with Crippen LogP contribution in [-0.4, -0.2) is 5.16 Å². The maximum absolute atomic E-state index is 4.76. The van der Waals surface area contributed by atoms with E-state index in [0.717, 1.165) is 5.39 Å². The van der Waals surface area contributed by atoms with Gasteiger partial charge in [-0.3, -0.25) is 0 Å². The highest BCUT2D eigenvalue weighted by atomic mass is 16.5. The molecule has 2 nitrogen and oxygen atoms in total. The molecule has 1 aromatic carbocycles. The van der Waals surface area contributed by atoms with Crippen LogP contribution in [0.2, 0.25) is 0 Å². The van der Waals surface area contributed by atoms with Crippen molar-refractivity contribution in [1.82, 2.24) is 5.16 Å². The molecule has 0 atom stereocenters. The van der Waals surface area contributed by atoms with Crippen molar-refractivity contribution in [3.8, 4) is 0 Å². The second-order valence-electron chi connectivity index (χ2n) is 1.64. The molecule has 0 spiro atoms. The van der Waals surface area contributed by atoms with Crippen LogP contribution in [0.15, 0.2) is 16.7 Å². The summed E-state index contributed by atoms with van der Waals surface area (Å²) in [7, 11) is 0. The van der Waals surface area contributed by atoms with E-state index in [1.807, 2.05) is 0 Å². The average molecular weight is 116 g/mol. The Morgan fingerprint density at radius 2 is 2.56 bits per heavy atom. The number of hydrogen-bond donors (Lipinski definition) is 0. The van der Waals surface area contributed by atoms with Gasteiger partial charge in [0.1, 0.15) is 6.20 Å². The van der Waals surface area contributed by atoms with Crippen molar-refractivity contribution >= 4 is 11.0 Å². The fourth-order valence-electron chi connectivity index (χ4n) is 0.653. The first kappa shape index (κ1) is 4.56. The lowest BCUT2D eigenvalue weighted by Gasteiger charge is -1.77. The SMILES string of the molecule is [c]1[c]c2[c]noc2cc1. The number of fused-ring (bicyclic) bond motifs is 1. The topological polar surface area (TPSA) is 26.0 Å². The summed E-state index contributed by atoms with van der Waals surface area (Å²) >= 11 is 0. The maximum Gasteiger partial charge on any atom is 0.168 e. The Labute approximate surface area is 52.1 Å². The molecule has 9 heavy (non-hydrogen) atoms. The van der Waals surface area contributed by atoms with Gasteiger partial charge in [0, 0.05) is 6.07 Å². The van der Waals surface area contributed by atoms with Gasteiger partial charge in [-0.1, -0.05) is 5.16 Å². The minimum atomic E-state index is 0.703. The largest absolute Gasteiger partial charge is 0.356 e. The van der Waals surface area contributed by atoms with Crippen LogP contribution in [0.5, 0.6) is 0 Å². The van der Waals surface area contributed by atoms with Gasteiger partial charge >= 0.3 is 0 Å². The van der Waals surface area contributed by atoms with E-state index in [1.54, 1.807) is 12.1 Å². The summed E-state index contributed by atoms with van der Waals surface area (Å²) in [6.07, 6.45) is 2.62. The van der Waals surface area contributed by atoms with E-state index in [2.05, 4.69) is 23.5 Å². The van der Waals surface area contributed by atoms with Crippen molar-refractivity contribution in [1.29, 1.82) is 0 Å². The lowest BCUT2D eigenvalue weighted by molar-refractivity contribution is 0.454. The summed E-state index contributed by atoms with van der Waals surface area (Å²) in [5.41, 5.74) is 0.703. The van der Waals surface area contributed by atoms with E-state index in [4.69, 9.17) is 4.52 Å². The number of rotatable bonds is 0. The Hall–Kier alpha value is -1.31. The Morgan fingerprint density at radius 1 is 1.56 bits per heavy atom. The zero-order chi connectivity index (χ0) is 6.10. The van der Waals surface area contributed by atoms with Crippen LogP contribution in [0.4, 0.5) is 0 Å². The molecule has 0 aliphatic rings. The summed E-state index contributed by atoms with van der Waals surface area (Å²) < 4.78 is 4.76. The predicted octanol–water partition coefficient (Wildman–Crippen LogP) is 1.23. The molecule has 2 aromatic rings. The summed E-state index contributed by atoms with van der Waals surface area (Å²) in [5.74, 6) is 0. The van der Waals surface area contributed by atoms with E-state index in [9.17, 15) is 0 Å². The lowest BCUT2D eigenvalue weighted by atomic mass is 10.3. The van der Waals surface area contributed by atoms with Crippen LogP contribution in [0.25, 0.3) is 11.0 Å². The van der Waals surface area contributed by atoms with Gasteiger partial charge in [-0.2, -0.15) is 0 Å². The van der Waals surface area contributed by atoms with Gasteiger partial charge in [-0.05, 0) is 18.2 Å². The minimum Gasteiger partial charge on any atom is -0.356 e. The van der Waals surface area contributed by atoms with Crippen molar-refractivity contribution in [2.24, 2.45) is 0 Å². The molecule has 0 N–H and O–H groups in total. The molecular formula is C7H2NO. The number of aromatic nitrogens is 1. The van der Waals surface area contributed by atoms with Gasteiger partial charge in [0.15, 0.2) is 5.58 Å². The van der Waals surface area contributed by atoms with Crippen LogP contribution in [-0.2, 0) is 0 Å². The van der Waals surface area contributed by atoms with Crippen molar-refractivity contribution < 1.29 is 4.52 Å². The molecule has 0 unspecified atom stereocenters. The molecule has 41 valence electrons. The van der Waals surface area contributed by atoms with E-state index in [0.29, 0.717) is 5.58 Å². The van der Waals surface area contributed by atoms with Gasteiger partial charge < -0.3 is 4.52 Å². The second-order valence-corrected chi connectivity index (χ2v) is 1.64. The number of benzene rings is 1. The fraction of sp³-hybridized carbons (Fsp3) is 0. The smallest absolute Gasteiger partial charge is 0.168 e. The zero-order valence-corrected chi connectivity index (χ0v) is 4.51. The fourth-order valence-corrected chi connectivity index (χ4v) is 0.653. The molecule has 3 radical (unpaired) electrons. The van der Waals surface area contributed by atoms with Crippen LogP contribution in [0, 0.1) is 18.3 Å². The second kappa shape index (κ2) is 1.58. The quantitative estimate of drug-likeness (QED) is 0.517. The predicted molar refractivity (Wildman–Crippen MR) is 30.5 cm³/mol. The molecule has 1 aromatic heterocycles. The van der Waals surface area contributed by atoms with Gasteiger partial charge in [0.2, 0.25) is 0 Å². The first-order valence-electron chi connectivity index (χ1n) is 2.52. The first-order valence-corrected chi connectivity index (χ1v) is 2.52. The highest BCUT2D eigenvalue weighted by Crippen LogP contribution is 2.08.